The number of oxazole rings is 1. The van der Waals surface area contributed by atoms with Crippen LogP contribution in [0, 0.1) is 0 Å². The van der Waals surface area contributed by atoms with Crippen LogP contribution in [0.25, 0.3) is 0 Å². The molecule has 0 saturated heterocycles. The zero-order valence-corrected chi connectivity index (χ0v) is 41.5. The van der Waals surface area contributed by atoms with Crippen molar-refractivity contribution in [1.82, 2.24) is 4.98 Å². The highest BCUT2D eigenvalue weighted by atomic mass is 16.4. The number of hydrogen-bond acceptors (Lipinski definition) is 5. The molecule has 5 nitrogen and oxygen atoms in total. The molecule has 0 aliphatic carbocycles. The van der Waals surface area contributed by atoms with E-state index in [0.29, 0.717) is 6.01 Å². The molecule has 6 heteroatoms. The lowest BCUT2D eigenvalue weighted by molar-refractivity contribution is 0.564. The molecule has 0 amide bonds. The third-order valence-corrected chi connectivity index (χ3v) is 13.4. The van der Waals surface area contributed by atoms with Crippen molar-refractivity contribution in [2.24, 2.45) is 0 Å². The average molecular weight is 859 g/mol. The third-order valence-electron chi connectivity index (χ3n) is 13.4. The first-order chi connectivity index (χ1) is 30.4. The normalized spacial score (nSPS) is 14.0. The van der Waals surface area contributed by atoms with Gasteiger partial charge in [0.25, 0.3) is 6.71 Å². The summed E-state index contributed by atoms with van der Waals surface area (Å²) >= 11 is 0. The minimum absolute atomic E-state index is 0.0571. The second kappa shape index (κ2) is 15.3. The van der Waals surface area contributed by atoms with Crippen molar-refractivity contribution in [1.29, 1.82) is 0 Å². The maximum atomic E-state index is 7.41. The lowest BCUT2D eigenvalue weighted by Gasteiger charge is -2.43. The number of anilines is 9. The van der Waals surface area contributed by atoms with Crippen molar-refractivity contribution in [3.05, 3.63) is 161 Å². The van der Waals surface area contributed by atoms with Crippen LogP contribution in [0.4, 0.5) is 51.7 Å². The maximum Gasteiger partial charge on any atom is 0.307 e. The fourth-order valence-electron chi connectivity index (χ4n) is 9.39. The number of rotatable bonds is 5. The van der Waals surface area contributed by atoms with E-state index in [-0.39, 0.29) is 33.8 Å². The molecule has 0 atom stereocenters. The van der Waals surface area contributed by atoms with Crippen molar-refractivity contribution in [3.63, 3.8) is 0 Å². The molecule has 9 rings (SSSR count). The summed E-state index contributed by atoms with van der Waals surface area (Å²) in [5.41, 5.74) is 17.0. The van der Waals surface area contributed by atoms with Gasteiger partial charge in [-0.1, -0.05) is 171 Å². The summed E-state index contributed by atoms with van der Waals surface area (Å²) in [4.78, 5) is 12.8. The highest BCUT2D eigenvalue weighted by Crippen LogP contribution is 2.48. The predicted molar refractivity (Wildman–Crippen MR) is 279 cm³/mol. The van der Waals surface area contributed by atoms with Gasteiger partial charge in [0.2, 0.25) is 5.88 Å². The fraction of sp³-hybridized carbons (Fsp3) is 0.339. The Labute approximate surface area is 389 Å². The van der Waals surface area contributed by atoms with Crippen LogP contribution in [0.3, 0.4) is 0 Å². The smallest absolute Gasteiger partial charge is 0.307 e. The molecule has 332 valence electrons. The summed E-state index contributed by atoms with van der Waals surface area (Å²) in [6.45, 7) is 34.5. The molecular formula is C59H67BN4O. The highest BCUT2D eigenvalue weighted by Gasteiger charge is 2.48. The summed E-state index contributed by atoms with van der Waals surface area (Å²) in [7, 11) is 0. The molecule has 6 aromatic carbocycles. The Bertz CT molecular complexity index is 2810. The number of aromatic nitrogens is 1. The molecule has 0 unspecified atom stereocenters. The molecular weight excluding hydrogens is 791 g/mol. The maximum absolute atomic E-state index is 7.41. The molecule has 0 N–H and O–H groups in total. The summed E-state index contributed by atoms with van der Waals surface area (Å²) in [5, 5.41) is 0. The second-order valence-corrected chi connectivity index (χ2v) is 23.6. The van der Waals surface area contributed by atoms with Crippen LogP contribution in [0.5, 0.6) is 0 Å². The number of fused-ring (bicyclic) bond motifs is 4. The topological polar surface area (TPSA) is 35.8 Å². The lowest BCUT2D eigenvalue weighted by Crippen LogP contribution is -2.62. The Kier molecular flexibility index (Phi) is 10.4. The Morgan fingerprint density at radius 3 is 1.31 bits per heavy atom. The van der Waals surface area contributed by atoms with Crippen LogP contribution < -0.4 is 31.2 Å². The Morgan fingerprint density at radius 2 is 0.862 bits per heavy atom. The SMILES string of the molecule is CC(C)(C)c1cc(N2c3ccc(C(C)(C)C)cc3B3c4nc(N(c5ccccc5)c5ccccc5)oc4N(c4cc(C(C)(C)C)cc(C(C)(C)C)c4)c4cccc2c43)cc(C(C)(C)C)c1. The van der Waals surface area contributed by atoms with Gasteiger partial charge in [0.1, 0.15) is 0 Å². The van der Waals surface area contributed by atoms with Crippen LogP contribution in [0.2, 0.25) is 0 Å². The Hall–Kier alpha value is -6.01. The first-order valence-corrected chi connectivity index (χ1v) is 23.5. The van der Waals surface area contributed by atoms with Crippen LogP contribution in [-0.4, -0.2) is 11.7 Å². The summed E-state index contributed by atoms with van der Waals surface area (Å²) in [6, 6.07) is 49.9. The molecule has 0 bridgehead atoms. The van der Waals surface area contributed by atoms with E-state index in [0.717, 1.165) is 45.6 Å². The van der Waals surface area contributed by atoms with E-state index in [2.05, 4.69) is 252 Å². The van der Waals surface area contributed by atoms with Gasteiger partial charge in [0, 0.05) is 28.4 Å². The standard InChI is InChI=1S/C59H67BN4O/c1-55(2,3)38-29-30-48-47(37-38)60-51-49(63(48)45-33-39(56(4,5)6)31-40(34-45)57(7,8)9)27-22-28-50(51)64(46-35-41(58(10,11)12)32-42(36-46)59(13,14)15)53-52(60)61-54(65-53)62(43-23-18-16-19-24-43)44-25-20-17-21-26-44/h16-37H,1-15H3. The van der Waals surface area contributed by atoms with E-state index in [9.17, 15) is 0 Å². The molecule has 3 heterocycles. The molecule has 0 spiro atoms. The fourth-order valence-corrected chi connectivity index (χ4v) is 9.39. The van der Waals surface area contributed by atoms with Crippen molar-refractivity contribution in [3.8, 4) is 0 Å². The van der Waals surface area contributed by atoms with Gasteiger partial charge in [-0.05, 0) is 133 Å². The van der Waals surface area contributed by atoms with Gasteiger partial charge in [0.05, 0.1) is 17.0 Å². The largest absolute Gasteiger partial charge is 0.407 e. The second-order valence-electron chi connectivity index (χ2n) is 23.6. The van der Waals surface area contributed by atoms with E-state index in [4.69, 9.17) is 9.40 Å². The summed E-state index contributed by atoms with van der Waals surface area (Å²) < 4.78 is 7.41. The van der Waals surface area contributed by atoms with E-state index < -0.39 is 0 Å². The third kappa shape index (κ3) is 7.98. The first kappa shape index (κ1) is 44.2. The molecule has 1 aromatic heterocycles. The molecule has 0 saturated carbocycles. The van der Waals surface area contributed by atoms with Gasteiger partial charge in [0.15, 0.2) is 0 Å². The molecule has 0 radical (unpaired) electrons. The monoisotopic (exact) mass is 859 g/mol. The molecule has 2 aliphatic rings. The van der Waals surface area contributed by atoms with E-state index in [1.807, 2.05) is 0 Å². The van der Waals surface area contributed by atoms with Crippen LogP contribution in [-0.2, 0) is 27.1 Å². The van der Waals surface area contributed by atoms with Crippen molar-refractivity contribution >= 4 is 74.9 Å². The van der Waals surface area contributed by atoms with E-state index in [1.165, 1.54) is 44.4 Å². The molecule has 0 fully saturated rings. The zero-order valence-electron chi connectivity index (χ0n) is 41.5. The van der Waals surface area contributed by atoms with Crippen LogP contribution in [0.1, 0.15) is 132 Å². The van der Waals surface area contributed by atoms with Crippen molar-refractivity contribution in [2.75, 3.05) is 14.7 Å². The first-order valence-electron chi connectivity index (χ1n) is 23.5. The van der Waals surface area contributed by atoms with Crippen LogP contribution in [0.15, 0.2) is 138 Å². The van der Waals surface area contributed by atoms with E-state index >= 15 is 0 Å². The number of benzene rings is 6. The van der Waals surface area contributed by atoms with Crippen molar-refractivity contribution < 1.29 is 4.42 Å². The quantitative estimate of drug-likeness (QED) is 0.161. The van der Waals surface area contributed by atoms with Crippen LogP contribution >= 0.6 is 0 Å². The highest BCUT2D eigenvalue weighted by molar-refractivity contribution is 6.99. The summed E-state index contributed by atoms with van der Waals surface area (Å²) in [6.07, 6.45) is 0. The number of para-hydroxylation sites is 2. The number of nitrogens with zero attached hydrogens (tertiary/aromatic N) is 4. The van der Waals surface area contributed by atoms with Gasteiger partial charge < -0.3 is 9.32 Å². The zero-order chi connectivity index (χ0) is 46.6. The van der Waals surface area contributed by atoms with Crippen molar-refractivity contribution in [2.45, 2.75) is 131 Å². The average Bonchev–Trinajstić information content (AvgIpc) is 3.66. The molecule has 2 aliphatic heterocycles. The lowest BCUT2D eigenvalue weighted by atomic mass is 9.35. The van der Waals surface area contributed by atoms with Gasteiger partial charge in [-0.15, -0.1) is 0 Å². The molecule has 65 heavy (non-hydrogen) atoms. The molecule has 7 aromatic rings. The minimum atomic E-state index is -0.215. The number of hydrogen-bond donors (Lipinski definition) is 0. The van der Waals surface area contributed by atoms with E-state index in [1.54, 1.807) is 0 Å². The Morgan fingerprint density at radius 1 is 0.431 bits per heavy atom. The van der Waals surface area contributed by atoms with Gasteiger partial charge >= 0.3 is 6.01 Å². The van der Waals surface area contributed by atoms with Gasteiger partial charge in [-0.25, -0.2) is 4.98 Å². The minimum Gasteiger partial charge on any atom is -0.407 e. The Balaban J connectivity index is 1.41. The van der Waals surface area contributed by atoms with Gasteiger partial charge in [-0.2, -0.15) is 0 Å². The van der Waals surface area contributed by atoms with Gasteiger partial charge in [-0.3, -0.25) is 9.80 Å². The summed E-state index contributed by atoms with van der Waals surface area (Å²) in [5.74, 6) is 0.739. The predicted octanol–water partition coefficient (Wildman–Crippen LogP) is 14.7.